The predicted molar refractivity (Wildman–Crippen MR) is 66.1 cm³/mol. The molecule has 3 heteroatoms. The van der Waals surface area contributed by atoms with Crippen LogP contribution in [0.2, 0.25) is 0 Å². The lowest BCUT2D eigenvalue weighted by Crippen LogP contribution is -2.34. The maximum atomic E-state index is 11.1. The molecule has 0 saturated carbocycles. The second-order valence-corrected chi connectivity index (χ2v) is 4.42. The standard InChI is InChI=1S/C13H19NO2/c1-9(2)10(3)14(4)12-8-6-5-7-11(12)13(15)16/h5-10H,1-4H3,(H,15,16). The highest BCUT2D eigenvalue weighted by molar-refractivity contribution is 5.94. The number of nitrogens with zero attached hydrogens (tertiary/aromatic N) is 1. The molecule has 16 heavy (non-hydrogen) atoms. The number of aromatic carboxylic acids is 1. The van der Waals surface area contributed by atoms with Crippen LogP contribution in [0, 0.1) is 5.92 Å². The lowest BCUT2D eigenvalue weighted by Gasteiger charge is -2.30. The molecule has 0 bridgehead atoms. The van der Waals surface area contributed by atoms with Gasteiger partial charge >= 0.3 is 5.97 Å². The molecule has 0 heterocycles. The molecule has 0 aliphatic rings. The van der Waals surface area contributed by atoms with Crippen molar-refractivity contribution in [1.29, 1.82) is 0 Å². The molecule has 0 fully saturated rings. The van der Waals surface area contributed by atoms with Gasteiger partial charge in [-0.2, -0.15) is 0 Å². The zero-order valence-corrected chi connectivity index (χ0v) is 10.3. The molecule has 1 N–H and O–H groups in total. The van der Waals surface area contributed by atoms with Crippen LogP contribution in [-0.4, -0.2) is 24.2 Å². The van der Waals surface area contributed by atoms with Crippen LogP contribution in [0.25, 0.3) is 0 Å². The SMILES string of the molecule is CC(C)C(C)N(C)c1ccccc1C(=O)O. The Morgan fingerprint density at radius 2 is 1.81 bits per heavy atom. The van der Waals surface area contributed by atoms with Crippen LogP contribution in [0.3, 0.4) is 0 Å². The van der Waals surface area contributed by atoms with Gasteiger partial charge in [0.1, 0.15) is 0 Å². The van der Waals surface area contributed by atoms with Crippen molar-refractivity contribution in [1.82, 2.24) is 0 Å². The fourth-order valence-electron chi connectivity index (χ4n) is 1.63. The van der Waals surface area contributed by atoms with Crippen LogP contribution in [0.1, 0.15) is 31.1 Å². The van der Waals surface area contributed by atoms with Gasteiger partial charge in [0.25, 0.3) is 0 Å². The molecule has 0 aliphatic carbocycles. The van der Waals surface area contributed by atoms with E-state index in [0.29, 0.717) is 17.5 Å². The van der Waals surface area contributed by atoms with E-state index in [1.807, 2.05) is 24.1 Å². The van der Waals surface area contributed by atoms with Crippen molar-refractivity contribution in [3.05, 3.63) is 29.8 Å². The normalized spacial score (nSPS) is 12.6. The summed E-state index contributed by atoms with van der Waals surface area (Å²) in [5, 5.41) is 9.11. The third-order valence-corrected chi connectivity index (χ3v) is 3.09. The average Bonchev–Trinajstić information content (AvgIpc) is 2.26. The average molecular weight is 221 g/mol. The second kappa shape index (κ2) is 5.01. The Kier molecular flexibility index (Phi) is 3.93. The van der Waals surface area contributed by atoms with Crippen LogP contribution < -0.4 is 4.90 Å². The molecule has 0 amide bonds. The zero-order valence-electron chi connectivity index (χ0n) is 10.3. The lowest BCUT2D eigenvalue weighted by molar-refractivity contribution is 0.0697. The van der Waals surface area contributed by atoms with E-state index in [0.717, 1.165) is 5.69 Å². The molecule has 1 unspecified atom stereocenters. The summed E-state index contributed by atoms with van der Waals surface area (Å²) in [6.45, 7) is 6.36. The maximum Gasteiger partial charge on any atom is 0.337 e. The number of carboxylic acid groups (broad SMARTS) is 1. The minimum Gasteiger partial charge on any atom is -0.478 e. The van der Waals surface area contributed by atoms with Crippen LogP contribution >= 0.6 is 0 Å². The van der Waals surface area contributed by atoms with Gasteiger partial charge in [0, 0.05) is 13.1 Å². The number of carbonyl (C=O) groups is 1. The highest BCUT2D eigenvalue weighted by atomic mass is 16.4. The van der Waals surface area contributed by atoms with Gasteiger partial charge in [0.05, 0.1) is 11.3 Å². The number of hydrogen-bond acceptors (Lipinski definition) is 2. The highest BCUT2D eigenvalue weighted by Gasteiger charge is 2.18. The van der Waals surface area contributed by atoms with Gasteiger partial charge in [-0.3, -0.25) is 0 Å². The molecular weight excluding hydrogens is 202 g/mol. The summed E-state index contributed by atoms with van der Waals surface area (Å²) in [5.41, 5.74) is 1.13. The van der Waals surface area contributed by atoms with E-state index in [2.05, 4.69) is 20.8 Å². The van der Waals surface area contributed by atoms with Gasteiger partial charge in [-0.15, -0.1) is 0 Å². The van der Waals surface area contributed by atoms with Crippen molar-refractivity contribution in [2.24, 2.45) is 5.92 Å². The number of hydrogen-bond donors (Lipinski definition) is 1. The molecule has 0 aliphatic heterocycles. The van der Waals surface area contributed by atoms with E-state index in [4.69, 9.17) is 5.11 Å². The number of anilines is 1. The largest absolute Gasteiger partial charge is 0.478 e. The fourth-order valence-corrected chi connectivity index (χ4v) is 1.63. The first-order chi connectivity index (χ1) is 7.45. The molecule has 0 spiro atoms. The predicted octanol–water partition coefficient (Wildman–Crippen LogP) is 2.87. The molecule has 0 saturated heterocycles. The third kappa shape index (κ3) is 2.54. The maximum absolute atomic E-state index is 11.1. The van der Waals surface area contributed by atoms with Crippen molar-refractivity contribution in [2.75, 3.05) is 11.9 Å². The molecular formula is C13H19NO2. The first kappa shape index (κ1) is 12.6. The Balaban J connectivity index is 3.08. The van der Waals surface area contributed by atoms with Crippen LogP contribution in [0.4, 0.5) is 5.69 Å². The Morgan fingerprint density at radius 1 is 1.25 bits per heavy atom. The monoisotopic (exact) mass is 221 g/mol. The first-order valence-electron chi connectivity index (χ1n) is 5.50. The van der Waals surface area contributed by atoms with Crippen molar-refractivity contribution in [3.63, 3.8) is 0 Å². The quantitative estimate of drug-likeness (QED) is 0.850. The van der Waals surface area contributed by atoms with Gasteiger partial charge in [-0.1, -0.05) is 26.0 Å². The Labute approximate surface area is 96.7 Å². The fraction of sp³-hybridized carbons (Fsp3) is 0.462. The number of para-hydroxylation sites is 1. The topological polar surface area (TPSA) is 40.5 Å². The van der Waals surface area contributed by atoms with E-state index in [1.54, 1.807) is 12.1 Å². The van der Waals surface area contributed by atoms with Gasteiger partial charge in [-0.25, -0.2) is 4.79 Å². The summed E-state index contributed by atoms with van der Waals surface area (Å²) in [5.74, 6) is -0.398. The molecule has 1 atom stereocenters. The molecule has 1 rings (SSSR count). The summed E-state index contributed by atoms with van der Waals surface area (Å²) < 4.78 is 0. The highest BCUT2D eigenvalue weighted by Crippen LogP contribution is 2.23. The third-order valence-electron chi connectivity index (χ3n) is 3.09. The minimum atomic E-state index is -0.876. The molecule has 0 aromatic heterocycles. The number of benzene rings is 1. The van der Waals surface area contributed by atoms with Gasteiger partial charge in [-0.05, 0) is 25.0 Å². The molecule has 88 valence electrons. The van der Waals surface area contributed by atoms with Crippen molar-refractivity contribution >= 4 is 11.7 Å². The van der Waals surface area contributed by atoms with Crippen molar-refractivity contribution in [2.45, 2.75) is 26.8 Å². The summed E-state index contributed by atoms with van der Waals surface area (Å²) in [7, 11) is 1.94. The van der Waals surface area contributed by atoms with Crippen molar-refractivity contribution < 1.29 is 9.90 Å². The molecule has 0 radical (unpaired) electrons. The second-order valence-electron chi connectivity index (χ2n) is 4.42. The first-order valence-corrected chi connectivity index (χ1v) is 5.50. The van der Waals surface area contributed by atoms with E-state index < -0.39 is 5.97 Å². The number of carboxylic acids is 1. The van der Waals surface area contributed by atoms with Crippen LogP contribution in [0.15, 0.2) is 24.3 Å². The summed E-state index contributed by atoms with van der Waals surface area (Å²) >= 11 is 0. The van der Waals surface area contributed by atoms with Crippen LogP contribution in [0.5, 0.6) is 0 Å². The van der Waals surface area contributed by atoms with E-state index in [1.165, 1.54) is 0 Å². The van der Waals surface area contributed by atoms with Gasteiger partial charge in [0.2, 0.25) is 0 Å². The Hall–Kier alpha value is -1.51. The Morgan fingerprint density at radius 3 is 2.31 bits per heavy atom. The summed E-state index contributed by atoms with van der Waals surface area (Å²) in [6, 6.07) is 7.41. The minimum absolute atomic E-state index is 0.306. The Bertz CT molecular complexity index is 374. The number of rotatable bonds is 4. The summed E-state index contributed by atoms with van der Waals surface area (Å²) in [4.78, 5) is 13.1. The lowest BCUT2D eigenvalue weighted by atomic mass is 10.0. The molecule has 1 aromatic rings. The smallest absolute Gasteiger partial charge is 0.337 e. The molecule has 1 aromatic carbocycles. The molecule has 3 nitrogen and oxygen atoms in total. The summed E-state index contributed by atoms with van der Waals surface area (Å²) in [6.07, 6.45) is 0. The zero-order chi connectivity index (χ0) is 12.3. The van der Waals surface area contributed by atoms with Crippen LogP contribution in [-0.2, 0) is 0 Å². The van der Waals surface area contributed by atoms with Gasteiger partial charge in [0.15, 0.2) is 0 Å². The van der Waals surface area contributed by atoms with Gasteiger partial charge < -0.3 is 10.0 Å². The van der Waals surface area contributed by atoms with E-state index >= 15 is 0 Å². The van der Waals surface area contributed by atoms with Crippen molar-refractivity contribution in [3.8, 4) is 0 Å². The van der Waals surface area contributed by atoms with E-state index in [-0.39, 0.29) is 0 Å². The van der Waals surface area contributed by atoms with E-state index in [9.17, 15) is 4.79 Å².